The molecule has 1 aliphatic rings. The fourth-order valence-corrected chi connectivity index (χ4v) is 5.35. The first-order valence-corrected chi connectivity index (χ1v) is 9.87. The van der Waals surface area contributed by atoms with Crippen LogP contribution in [0.2, 0.25) is 0 Å². The van der Waals surface area contributed by atoms with Gasteiger partial charge in [-0.2, -0.15) is 11.8 Å². The largest absolute Gasteiger partial charge is 0.353 e. The maximum Gasteiger partial charge on any atom is 0.169 e. The summed E-state index contributed by atoms with van der Waals surface area (Å²) in [5, 5.41) is -0.435. The van der Waals surface area contributed by atoms with Crippen LogP contribution in [0.5, 0.6) is 0 Å². The molecule has 20 heavy (non-hydrogen) atoms. The maximum absolute atomic E-state index is 12.0. The fraction of sp³-hybridized carbons (Fsp3) is 0.571. The lowest BCUT2D eigenvalue weighted by atomic mass is 10.0. The average molecular weight is 314 g/mol. The molecular weight excluding hydrogens is 292 g/mol. The highest BCUT2D eigenvalue weighted by Crippen LogP contribution is 2.30. The van der Waals surface area contributed by atoms with Crippen molar-refractivity contribution in [2.75, 3.05) is 29.2 Å². The lowest BCUT2D eigenvalue weighted by molar-refractivity contribution is 0.584. The smallest absolute Gasteiger partial charge is 0.169 e. The predicted molar refractivity (Wildman–Crippen MR) is 87.1 cm³/mol. The summed E-state index contributed by atoms with van der Waals surface area (Å²) in [7, 11) is -3.09. The molecule has 0 amide bonds. The van der Waals surface area contributed by atoms with Gasteiger partial charge in [0.05, 0.1) is 0 Å². The molecule has 0 saturated carbocycles. The minimum atomic E-state index is -3.09. The third kappa shape index (κ3) is 3.68. The quantitative estimate of drug-likeness (QED) is 0.912. The van der Waals surface area contributed by atoms with Gasteiger partial charge in [0, 0.05) is 36.0 Å². The monoisotopic (exact) mass is 314 g/mol. The Balaban J connectivity index is 2.37. The second-order valence-electron chi connectivity index (χ2n) is 5.36. The van der Waals surface area contributed by atoms with Crippen LogP contribution in [0.3, 0.4) is 0 Å². The van der Waals surface area contributed by atoms with Crippen LogP contribution < -0.4 is 10.6 Å². The Morgan fingerprint density at radius 2 is 2.15 bits per heavy atom. The van der Waals surface area contributed by atoms with Gasteiger partial charge in [-0.1, -0.05) is 18.2 Å². The van der Waals surface area contributed by atoms with Crippen molar-refractivity contribution in [3.8, 4) is 0 Å². The van der Waals surface area contributed by atoms with E-state index in [0.29, 0.717) is 5.75 Å². The van der Waals surface area contributed by atoms with E-state index in [1.165, 1.54) is 6.26 Å². The molecule has 1 aromatic rings. The molecule has 2 rings (SSSR count). The zero-order valence-corrected chi connectivity index (χ0v) is 13.6. The molecule has 1 saturated heterocycles. The molecule has 1 heterocycles. The Bertz CT molecular complexity index is 558. The molecule has 1 aromatic carbocycles. The van der Waals surface area contributed by atoms with Crippen molar-refractivity contribution >= 4 is 27.3 Å². The topological polar surface area (TPSA) is 63.4 Å². The Kier molecular flexibility index (Phi) is 4.99. The number of para-hydroxylation sites is 1. The highest BCUT2D eigenvalue weighted by molar-refractivity contribution is 8.01. The van der Waals surface area contributed by atoms with Crippen molar-refractivity contribution in [3.63, 3.8) is 0 Å². The lowest BCUT2D eigenvalue weighted by Gasteiger charge is -2.37. The van der Waals surface area contributed by atoms with E-state index in [4.69, 9.17) is 5.73 Å². The van der Waals surface area contributed by atoms with E-state index >= 15 is 0 Å². The summed E-state index contributed by atoms with van der Waals surface area (Å²) in [6, 6.07) is 8.05. The molecule has 0 radical (unpaired) electrons. The number of rotatable bonds is 4. The number of hydrogen-bond acceptors (Lipinski definition) is 5. The number of hydrogen-bond donors (Lipinski definition) is 1. The normalized spacial score (nSPS) is 21.8. The third-order valence-corrected chi connectivity index (χ3v) is 6.07. The number of sulfone groups is 1. The Labute approximate surface area is 125 Å². The zero-order valence-electron chi connectivity index (χ0n) is 12.0. The van der Waals surface area contributed by atoms with Crippen LogP contribution >= 0.6 is 11.8 Å². The summed E-state index contributed by atoms with van der Waals surface area (Å²) in [5.74, 6) is 1.59. The summed E-state index contributed by atoms with van der Waals surface area (Å²) < 4.78 is 24.0. The van der Waals surface area contributed by atoms with Crippen LogP contribution in [0.15, 0.2) is 24.3 Å². The van der Waals surface area contributed by atoms with Crippen LogP contribution in [0.25, 0.3) is 0 Å². The van der Waals surface area contributed by atoms with Gasteiger partial charge in [0.2, 0.25) is 0 Å². The van der Waals surface area contributed by atoms with Gasteiger partial charge in [-0.3, -0.25) is 0 Å². The molecule has 2 unspecified atom stereocenters. The van der Waals surface area contributed by atoms with E-state index in [1.54, 1.807) is 11.8 Å². The van der Waals surface area contributed by atoms with Gasteiger partial charge in [0.25, 0.3) is 0 Å². The first-order chi connectivity index (χ1) is 9.39. The minimum Gasteiger partial charge on any atom is -0.353 e. The Morgan fingerprint density at radius 1 is 1.45 bits per heavy atom. The highest BCUT2D eigenvalue weighted by atomic mass is 32.2. The zero-order chi connectivity index (χ0) is 14.8. The van der Waals surface area contributed by atoms with Gasteiger partial charge < -0.3 is 10.6 Å². The maximum atomic E-state index is 12.0. The highest BCUT2D eigenvalue weighted by Gasteiger charge is 2.32. The van der Waals surface area contributed by atoms with E-state index in [1.807, 2.05) is 36.1 Å². The summed E-state index contributed by atoms with van der Waals surface area (Å²) in [6.45, 7) is 2.73. The van der Waals surface area contributed by atoms with Gasteiger partial charge in [0.1, 0.15) is 5.37 Å². The number of anilines is 1. The second kappa shape index (κ2) is 6.37. The molecule has 2 N–H and O–H groups in total. The molecule has 0 bridgehead atoms. The first-order valence-electron chi connectivity index (χ1n) is 6.76. The second-order valence-corrected chi connectivity index (χ2v) is 8.72. The summed E-state index contributed by atoms with van der Waals surface area (Å²) in [6.07, 6.45) is 2.08. The standard InChI is InChI=1S/C14H22N2O2S2/c1-11(15)9-12-5-3-4-6-13(12)16-7-8-19-10-14(16)20(2,17)18/h3-6,11,14H,7-10,15H2,1-2H3. The van der Waals surface area contributed by atoms with Crippen LogP contribution in [0.4, 0.5) is 5.69 Å². The van der Waals surface area contributed by atoms with Crippen molar-refractivity contribution in [1.82, 2.24) is 0 Å². The van der Waals surface area contributed by atoms with Crippen molar-refractivity contribution < 1.29 is 8.42 Å². The molecular formula is C14H22N2O2S2. The average Bonchev–Trinajstić information content (AvgIpc) is 2.38. The minimum absolute atomic E-state index is 0.0620. The molecule has 1 aliphatic heterocycles. The van der Waals surface area contributed by atoms with Gasteiger partial charge >= 0.3 is 0 Å². The fourth-order valence-electron chi connectivity index (χ4n) is 2.52. The Hall–Kier alpha value is -0.720. The van der Waals surface area contributed by atoms with Crippen LogP contribution in [-0.4, -0.2) is 44.1 Å². The van der Waals surface area contributed by atoms with Gasteiger partial charge in [0.15, 0.2) is 9.84 Å². The molecule has 2 atom stereocenters. The summed E-state index contributed by atoms with van der Waals surface area (Å²) in [5.41, 5.74) is 8.04. The molecule has 4 nitrogen and oxygen atoms in total. The summed E-state index contributed by atoms with van der Waals surface area (Å²) >= 11 is 1.70. The third-order valence-electron chi connectivity index (χ3n) is 3.42. The van der Waals surface area contributed by atoms with Gasteiger partial charge in [-0.05, 0) is 25.0 Å². The molecule has 0 spiro atoms. The Morgan fingerprint density at radius 3 is 2.80 bits per heavy atom. The molecule has 112 valence electrons. The van der Waals surface area contributed by atoms with E-state index in [2.05, 4.69) is 0 Å². The van der Waals surface area contributed by atoms with Crippen molar-refractivity contribution in [2.45, 2.75) is 24.8 Å². The van der Waals surface area contributed by atoms with Crippen molar-refractivity contribution in [3.05, 3.63) is 29.8 Å². The van der Waals surface area contributed by atoms with Gasteiger partial charge in [-0.25, -0.2) is 8.42 Å². The number of nitrogens with zero attached hydrogens (tertiary/aromatic N) is 1. The number of nitrogens with two attached hydrogens (primary N) is 1. The molecule has 0 aromatic heterocycles. The van der Waals surface area contributed by atoms with Gasteiger partial charge in [-0.15, -0.1) is 0 Å². The molecule has 0 aliphatic carbocycles. The van der Waals surface area contributed by atoms with Crippen LogP contribution in [0, 0.1) is 0 Å². The van der Waals surface area contributed by atoms with Crippen molar-refractivity contribution in [1.29, 1.82) is 0 Å². The summed E-state index contributed by atoms with van der Waals surface area (Å²) in [4.78, 5) is 2.03. The van der Waals surface area contributed by atoms with E-state index < -0.39 is 15.2 Å². The molecule has 1 fully saturated rings. The molecule has 6 heteroatoms. The van der Waals surface area contributed by atoms with E-state index in [9.17, 15) is 8.42 Å². The number of thioether (sulfide) groups is 1. The van der Waals surface area contributed by atoms with Crippen LogP contribution in [0.1, 0.15) is 12.5 Å². The van der Waals surface area contributed by atoms with Crippen molar-refractivity contribution in [2.24, 2.45) is 5.73 Å². The predicted octanol–water partition coefficient (Wildman–Crippen LogP) is 1.50. The first kappa shape index (κ1) is 15.7. The number of benzene rings is 1. The van der Waals surface area contributed by atoms with E-state index in [0.717, 1.165) is 30.0 Å². The van der Waals surface area contributed by atoms with Crippen LogP contribution in [-0.2, 0) is 16.3 Å². The lowest BCUT2D eigenvalue weighted by Crippen LogP contribution is -2.47. The SMILES string of the molecule is CC(N)Cc1ccccc1N1CCSCC1S(C)(=O)=O. The van der Waals surface area contributed by atoms with E-state index in [-0.39, 0.29) is 6.04 Å².